The zero-order chi connectivity index (χ0) is 19.9. The molecule has 28 heavy (non-hydrogen) atoms. The second-order valence-electron chi connectivity index (χ2n) is 6.75. The molecule has 1 atom stereocenters. The number of anilines is 1. The average Bonchev–Trinajstić information content (AvgIpc) is 2.97. The molecular formula is C21H17BrN4O2. The largest absolute Gasteiger partial charge is 0.382 e. The Morgan fingerprint density at radius 1 is 1.32 bits per heavy atom. The summed E-state index contributed by atoms with van der Waals surface area (Å²) in [6.07, 6.45) is 1.96. The Labute approximate surface area is 170 Å². The molecule has 0 aliphatic carbocycles. The number of nitrogen functional groups attached to an aromatic ring is 1. The van der Waals surface area contributed by atoms with Gasteiger partial charge in [-0.25, -0.2) is 9.97 Å². The Morgan fingerprint density at radius 3 is 2.89 bits per heavy atom. The predicted octanol–water partition coefficient (Wildman–Crippen LogP) is 2.59. The molecule has 0 saturated carbocycles. The summed E-state index contributed by atoms with van der Waals surface area (Å²) in [5.74, 6) is 5.67. The van der Waals surface area contributed by atoms with E-state index < -0.39 is 5.60 Å². The number of halogens is 1. The van der Waals surface area contributed by atoms with Gasteiger partial charge in [-0.2, -0.15) is 0 Å². The number of rotatable bonds is 1. The first-order chi connectivity index (χ1) is 13.4. The number of hydrogen-bond acceptors (Lipinski definition) is 5. The number of amides is 1. The Balaban J connectivity index is 1.71. The number of hydrogen-bond donors (Lipinski definition) is 2. The molecule has 1 unspecified atom stereocenters. The number of benzene rings is 1. The van der Waals surface area contributed by atoms with Gasteiger partial charge in [0.1, 0.15) is 11.3 Å². The van der Waals surface area contributed by atoms with E-state index in [1.807, 2.05) is 36.4 Å². The van der Waals surface area contributed by atoms with Crippen LogP contribution < -0.4 is 5.73 Å². The van der Waals surface area contributed by atoms with Crippen LogP contribution in [0.25, 0.3) is 22.2 Å². The molecule has 7 heteroatoms. The number of pyridine rings is 2. The van der Waals surface area contributed by atoms with Crippen LogP contribution in [0.5, 0.6) is 0 Å². The summed E-state index contributed by atoms with van der Waals surface area (Å²) in [6, 6.07) is 11.3. The maximum Gasteiger partial charge on any atom is 0.267 e. The molecule has 1 amide bonds. The molecule has 0 spiro atoms. The molecule has 1 aliphatic rings. The minimum atomic E-state index is -1.61. The number of nitrogens with two attached hydrogens (primary N) is 1. The summed E-state index contributed by atoms with van der Waals surface area (Å²) >= 11 is 3.46. The topological polar surface area (TPSA) is 92.3 Å². The molecule has 1 saturated heterocycles. The molecule has 1 aliphatic heterocycles. The average molecular weight is 437 g/mol. The number of aliphatic hydroxyl groups is 1. The molecule has 140 valence electrons. The Kier molecular flexibility index (Phi) is 4.53. The van der Waals surface area contributed by atoms with Gasteiger partial charge >= 0.3 is 0 Å². The van der Waals surface area contributed by atoms with Gasteiger partial charge in [0.05, 0.1) is 5.69 Å². The number of likely N-dealkylation sites (tertiary alicyclic amines) is 1. The normalized spacial score (nSPS) is 19.0. The highest BCUT2D eigenvalue weighted by molar-refractivity contribution is 9.10. The van der Waals surface area contributed by atoms with Crippen molar-refractivity contribution in [2.24, 2.45) is 0 Å². The van der Waals surface area contributed by atoms with Gasteiger partial charge in [0.15, 0.2) is 0 Å². The maximum atomic E-state index is 12.1. The third-order valence-electron chi connectivity index (χ3n) is 4.79. The van der Waals surface area contributed by atoms with Crippen molar-refractivity contribution in [1.29, 1.82) is 0 Å². The van der Waals surface area contributed by atoms with Crippen molar-refractivity contribution >= 4 is 38.6 Å². The molecule has 6 nitrogen and oxygen atoms in total. The van der Waals surface area contributed by atoms with Crippen LogP contribution in [-0.2, 0) is 4.79 Å². The lowest BCUT2D eigenvalue weighted by Crippen LogP contribution is -2.37. The smallest absolute Gasteiger partial charge is 0.267 e. The standard InChI is InChI=1S/C21H17BrN4O2/c1-26-10-9-21(28,20(26)27)8-7-13-3-2-4-14(11-13)17-6-5-15-16(22)12-24-19(23)18(15)25-17/h2-6,11-12,28H,9-10H2,1H3,(H2,23,24). The first kappa shape index (κ1) is 18.4. The van der Waals surface area contributed by atoms with E-state index in [2.05, 4.69) is 37.7 Å². The Hall–Kier alpha value is -2.95. The van der Waals surface area contributed by atoms with E-state index in [4.69, 9.17) is 5.73 Å². The third-order valence-corrected chi connectivity index (χ3v) is 5.43. The van der Waals surface area contributed by atoms with Gasteiger partial charge in [-0.05, 0) is 40.2 Å². The van der Waals surface area contributed by atoms with Crippen molar-refractivity contribution in [1.82, 2.24) is 14.9 Å². The summed E-state index contributed by atoms with van der Waals surface area (Å²) in [5, 5.41) is 11.3. The van der Waals surface area contributed by atoms with E-state index in [1.165, 1.54) is 4.90 Å². The van der Waals surface area contributed by atoms with Crippen LogP contribution in [0.1, 0.15) is 12.0 Å². The fraction of sp³-hybridized carbons (Fsp3) is 0.190. The van der Waals surface area contributed by atoms with Crippen molar-refractivity contribution in [2.45, 2.75) is 12.0 Å². The van der Waals surface area contributed by atoms with Gasteiger partial charge in [0.2, 0.25) is 5.60 Å². The van der Waals surface area contributed by atoms with Crippen LogP contribution in [0.2, 0.25) is 0 Å². The van der Waals surface area contributed by atoms with E-state index in [9.17, 15) is 9.90 Å². The van der Waals surface area contributed by atoms with Gasteiger partial charge in [-0.1, -0.05) is 24.0 Å². The fourth-order valence-electron chi connectivity index (χ4n) is 3.17. The fourth-order valence-corrected chi connectivity index (χ4v) is 3.59. The predicted molar refractivity (Wildman–Crippen MR) is 111 cm³/mol. The molecule has 3 N–H and O–H groups in total. The van der Waals surface area contributed by atoms with Crippen molar-refractivity contribution < 1.29 is 9.90 Å². The van der Waals surface area contributed by atoms with Crippen LogP contribution in [0, 0.1) is 11.8 Å². The highest BCUT2D eigenvalue weighted by Crippen LogP contribution is 2.28. The van der Waals surface area contributed by atoms with E-state index in [0.717, 1.165) is 21.1 Å². The van der Waals surface area contributed by atoms with Gasteiger partial charge in [0.25, 0.3) is 5.91 Å². The molecular weight excluding hydrogens is 420 g/mol. The Bertz CT molecular complexity index is 1170. The molecule has 1 fully saturated rings. The minimum absolute atomic E-state index is 0.308. The number of carbonyl (C=O) groups is 1. The SMILES string of the molecule is CN1CCC(O)(C#Cc2cccc(-c3ccc4c(Br)cnc(N)c4n3)c2)C1=O. The highest BCUT2D eigenvalue weighted by Gasteiger charge is 2.42. The van der Waals surface area contributed by atoms with E-state index >= 15 is 0 Å². The first-order valence-corrected chi connectivity index (χ1v) is 9.49. The van der Waals surface area contributed by atoms with Crippen LogP contribution in [0.3, 0.4) is 0 Å². The van der Waals surface area contributed by atoms with Gasteiger partial charge in [-0.15, -0.1) is 0 Å². The number of fused-ring (bicyclic) bond motifs is 1. The lowest BCUT2D eigenvalue weighted by atomic mass is 10.0. The summed E-state index contributed by atoms with van der Waals surface area (Å²) in [7, 11) is 1.66. The number of aromatic nitrogens is 2. The zero-order valence-corrected chi connectivity index (χ0v) is 16.7. The summed E-state index contributed by atoms with van der Waals surface area (Å²) in [5.41, 5.74) is 7.27. The monoisotopic (exact) mass is 436 g/mol. The minimum Gasteiger partial charge on any atom is -0.382 e. The number of likely N-dealkylation sites (N-methyl/N-ethyl adjacent to an activating group) is 1. The highest BCUT2D eigenvalue weighted by atomic mass is 79.9. The maximum absolute atomic E-state index is 12.1. The van der Waals surface area contributed by atoms with Gasteiger partial charge in [-0.3, -0.25) is 4.79 Å². The van der Waals surface area contributed by atoms with E-state index in [-0.39, 0.29) is 5.91 Å². The van der Waals surface area contributed by atoms with Crippen LogP contribution in [0.4, 0.5) is 5.82 Å². The first-order valence-electron chi connectivity index (χ1n) is 8.70. The van der Waals surface area contributed by atoms with Crippen molar-refractivity contribution in [3.05, 3.63) is 52.6 Å². The van der Waals surface area contributed by atoms with Crippen LogP contribution in [-0.4, -0.2) is 45.1 Å². The van der Waals surface area contributed by atoms with Crippen LogP contribution in [0.15, 0.2) is 47.1 Å². The molecule has 1 aromatic carbocycles. The molecule has 0 bridgehead atoms. The summed E-state index contributed by atoms with van der Waals surface area (Å²) in [4.78, 5) is 22.3. The lowest BCUT2D eigenvalue weighted by Gasteiger charge is -2.13. The van der Waals surface area contributed by atoms with Crippen LogP contribution >= 0.6 is 15.9 Å². The van der Waals surface area contributed by atoms with Gasteiger partial charge in [0, 0.05) is 47.2 Å². The molecule has 2 aromatic heterocycles. The molecule has 0 radical (unpaired) electrons. The Morgan fingerprint density at radius 2 is 2.14 bits per heavy atom. The summed E-state index contributed by atoms with van der Waals surface area (Å²) < 4.78 is 0.829. The summed E-state index contributed by atoms with van der Waals surface area (Å²) in [6.45, 7) is 0.496. The molecule has 3 aromatic rings. The number of carbonyl (C=O) groups excluding carboxylic acids is 1. The van der Waals surface area contributed by atoms with Crippen molar-refractivity contribution in [2.75, 3.05) is 19.3 Å². The van der Waals surface area contributed by atoms with E-state index in [0.29, 0.717) is 29.9 Å². The van der Waals surface area contributed by atoms with Gasteiger partial charge < -0.3 is 15.7 Å². The van der Waals surface area contributed by atoms with Crippen molar-refractivity contribution in [3.8, 4) is 23.1 Å². The second kappa shape index (κ2) is 6.89. The third kappa shape index (κ3) is 3.21. The molecule has 3 heterocycles. The zero-order valence-electron chi connectivity index (χ0n) is 15.1. The molecule has 4 rings (SSSR count). The second-order valence-corrected chi connectivity index (χ2v) is 7.61. The van der Waals surface area contributed by atoms with E-state index in [1.54, 1.807) is 13.2 Å². The quantitative estimate of drug-likeness (QED) is 0.571. The lowest BCUT2D eigenvalue weighted by molar-refractivity contribution is -0.137. The number of nitrogens with zero attached hydrogens (tertiary/aromatic N) is 3. The van der Waals surface area contributed by atoms with Crippen molar-refractivity contribution in [3.63, 3.8) is 0 Å².